The van der Waals surface area contributed by atoms with Gasteiger partial charge in [0.25, 0.3) is 0 Å². The lowest BCUT2D eigenvalue weighted by Gasteiger charge is -1.98. The Morgan fingerprint density at radius 2 is 2.55 bits per heavy atom. The third-order valence-corrected chi connectivity index (χ3v) is 1.65. The number of H-pyrrole nitrogens is 1. The van der Waals surface area contributed by atoms with Crippen LogP contribution in [0.15, 0.2) is 6.33 Å². The Hall–Kier alpha value is -1.30. The molecule has 1 aromatic rings. The molecule has 1 rings (SSSR count). The largest absolute Gasteiger partial charge is 0.348 e. The second-order valence-corrected chi connectivity index (χ2v) is 2.71. The number of aromatic nitrogens is 2. The highest BCUT2D eigenvalue weighted by atomic mass is 14.9. The van der Waals surface area contributed by atoms with Crippen LogP contribution in [0.3, 0.4) is 0 Å². The Morgan fingerprint density at radius 1 is 1.82 bits per heavy atom. The minimum absolute atomic E-state index is 0.0528. The molecule has 1 N–H and O–H groups in total. The van der Waals surface area contributed by atoms with E-state index in [1.54, 1.807) is 6.33 Å². The summed E-state index contributed by atoms with van der Waals surface area (Å²) in [6.07, 6.45) is 2.40. The van der Waals surface area contributed by atoms with Crippen molar-refractivity contribution in [2.24, 2.45) is 5.92 Å². The van der Waals surface area contributed by atoms with E-state index >= 15 is 0 Å². The third-order valence-electron chi connectivity index (χ3n) is 1.65. The maximum Gasteiger partial charge on any atom is 0.0925 e. The molecule has 0 aliphatic carbocycles. The second kappa shape index (κ2) is 3.20. The Morgan fingerprint density at radius 3 is 3.00 bits per heavy atom. The Labute approximate surface area is 66.1 Å². The minimum Gasteiger partial charge on any atom is -0.348 e. The standard InChI is InChI=1S/C8H11N3/c1-6(4-9)3-8-7(2)10-5-11-8/h5-6H,3H2,1-2H3,(H,10,11). The van der Waals surface area contributed by atoms with Crippen LogP contribution < -0.4 is 0 Å². The summed E-state index contributed by atoms with van der Waals surface area (Å²) >= 11 is 0. The monoisotopic (exact) mass is 149 g/mol. The van der Waals surface area contributed by atoms with Crippen molar-refractivity contribution in [2.45, 2.75) is 20.3 Å². The Balaban J connectivity index is 2.66. The zero-order chi connectivity index (χ0) is 8.27. The lowest BCUT2D eigenvalue weighted by Crippen LogP contribution is -1.97. The van der Waals surface area contributed by atoms with E-state index in [4.69, 9.17) is 5.26 Å². The van der Waals surface area contributed by atoms with Gasteiger partial charge in [0.2, 0.25) is 0 Å². The van der Waals surface area contributed by atoms with Crippen molar-refractivity contribution in [3.63, 3.8) is 0 Å². The highest BCUT2D eigenvalue weighted by molar-refractivity contribution is 5.10. The van der Waals surface area contributed by atoms with Gasteiger partial charge in [-0.2, -0.15) is 5.26 Å². The van der Waals surface area contributed by atoms with Gasteiger partial charge in [0.05, 0.1) is 18.1 Å². The zero-order valence-corrected chi connectivity index (χ0v) is 6.76. The molecule has 1 heterocycles. The Bertz CT molecular complexity index is 269. The van der Waals surface area contributed by atoms with Gasteiger partial charge in [-0.25, -0.2) is 4.98 Å². The molecule has 0 aliphatic rings. The number of hydrogen-bond donors (Lipinski definition) is 1. The summed E-state index contributed by atoms with van der Waals surface area (Å²) in [5.74, 6) is 0.0528. The van der Waals surface area contributed by atoms with Gasteiger partial charge in [-0.15, -0.1) is 0 Å². The van der Waals surface area contributed by atoms with Crippen LogP contribution >= 0.6 is 0 Å². The van der Waals surface area contributed by atoms with Gasteiger partial charge in [-0.1, -0.05) is 0 Å². The topological polar surface area (TPSA) is 52.5 Å². The molecule has 3 nitrogen and oxygen atoms in total. The van der Waals surface area contributed by atoms with Crippen molar-refractivity contribution in [2.75, 3.05) is 0 Å². The molecule has 1 atom stereocenters. The molecule has 58 valence electrons. The third kappa shape index (κ3) is 1.81. The first-order chi connectivity index (χ1) is 5.24. The average Bonchev–Trinajstić information content (AvgIpc) is 2.37. The normalized spacial score (nSPS) is 12.5. The van der Waals surface area contributed by atoms with E-state index < -0.39 is 0 Å². The smallest absolute Gasteiger partial charge is 0.0925 e. The number of imidazole rings is 1. The molecule has 0 bridgehead atoms. The summed E-state index contributed by atoms with van der Waals surface area (Å²) in [5, 5.41) is 8.54. The minimum atomic E-state index is 0.0528. The number of aromatic amines is 1. The van der Waals surface area contributed by atoms with Crippen molar-refractivity contribution >= 4 is 0 Å². The van der Waals surface area contributed by atoms with E-state index in [0.29, 0.717) is 0 Å². The highest BCUT2D eigenvalue weighted by Crippen LogP contribution is 2.07. The molecule has 0 spiro atoms. The van der Waals surface area contributed by atoms with Crippen LogP contribution in [0.1, 0.15) is 18.3 Å². The van der Waals surface area contributed by atoms with Gasteiger partial charge in [0, 0.05) is 18.0 Å². The molecule has 0 fully saturated rings. The molecule has 3 heteroatoms. The number of nitriles is 1. The molecule has 0 radical (unpaired) electrons. The summed E-state index contributed by atoms with van der Waals surface area (Å²) in [7, 11) is 0. The molecule has 0 saturated carbocycles. The van der Waals surface area contributed by atoms with Crippen LogP contribution in [0.4, 0.5) is 0 Å². The van der Waals surface area contributed by atoms with Gasteiger partial charge in [-0.3, -0.25) is 0 Å². The zero-order valence-electron chi connectivity index (χ0n) is 6.76. The van der Waals surface area contributed by atoms with Gasteiger partial charge < -0.3 is 4.98 Å². The summed E-state index contributed by atoms with van der Waals surface area (Å²) in [6, 6.07) is 2.18. The first kappa shape index (κ1) is 7.80. The predicted octanol–water partition coefficient (Wildman–Crippen LogP) is 1.42. The van der Waals surface area contributed by atoms with Crippen LogP contribution in [0.2, 0.25) is 0 Å². The lowest BCUT2D eigenvalue weighted by molar-refractivity contribution is 0.720. The van der Waals surface area contributed by atoms with Crippen LogP contribution in [-0.2, 0) is 6.42 Å². The number of nitrogens with zero attached hydrogens (tertiary/aromatic N) is 2. The maximum atomic E-state index is 8.54. The second-order valence-electron chi connectivity index (χ2n) is 2.71. The van der Waals surface area contributed by atoms with E-state index in [1.807, 2.05) is 13.8 Å². The van der Waals surface area contributed by atoms with Gasteiger partial charge in [0.15, 0.2) is 0 Å². The van der Waals surface area contributed by atoms with Crippen molar-refractivity contribution in [1.29, 1.82) is 5.26 Å². The maximum absolute atomic E-state index is 8.54. The van der Waals surface area contributed by atoms with Crippen molar-refractivity contribution < 1.29 is 0 Å². The number of nitrogens with one attached hydrogen (secondary N) is 1. The molecule has 0 aliphatic heterocycles. The molecule has 0 saturated heterocycles. The van der Waals surface area contributed by atoms with E-state index in [-0.39, 0.29) is 5.92 Å². The SMILES string of the molecule is Cc1[nH]cnc1CC(C)C#N. The summed E-state index contributed by atoms with van der Waals surface area (Å²) in [5.41, 5.74) is 2.06. The van der Waals surface area contributed by atoms with E-state index in [1.165, 1.54) is 0 Å². The number of rotatable bonds is 2. The number of hydrogen-bond acceptors (Lipinski definition) is 2. The highest BCUT2D eigenvalue weighted by Gasteiger charge is 2.05. The molecule has 1 unspecified atom stereocenters. The predicted molar refractivity (Wildman–Crippen MR) is 41.8 cm³/mol. The molecule has 0 amide bonds. The fraction of sp³-hybridized carbons (Fsp3) is 0.500. The van der Waals surface area contributed by atoms with Gasteiger partial charge in [-0.05, 0) is 13.8 Å². The first-order valence-corrected chi connectivity index (χ1v) is 3.62. The summed E-state index contributed by atoms with van der Waals surface area (Å²) < 4.78 is 0. The van der Waals surface area contributed by atoms with E-state index in [9.17, 15) is 0 Å². The van der Waals surface area contributed by atoms with Crippen LogP contribution in [0.5, 0.6) is 0 Å². The Kier molecular flexibility index (Phi) is 2.27. The first-order valence-electron chi connectivity index (χ1n) is 3.62. The molecule has 11 heavy (non-hydrogen) atoms. The molecule has 0 aromatic carbocycles. The van der Waals surface area contributed by atoms with Gasteiger partial charge >= 0.3 is 0 Å². The average molecular weight is 149 g/mol. The van der Waals surface area contributed by atoms with Crippen LogP contribution in [0, 0.1) is 24.2 Å². The lowest BCUT2D eigenvalue weighted by atomic mass is 10.1. The molecule has 1 aromatic heterocycles. The molecular weight excluding hydrogens is 138 g/mol. The molecular formula is C8H11N3. The summed E-state index contributed by atoms with van der Waals surface area (Å²) in [6.45, 7) is 3.86. The fourth-order valence-corrected chi connectivity index (χ4v) is 0.929. The van der Waals surface area contributed by atoms with Crippen molar-refractivity contribution in [3.05, 3.63) is 17.7 Å². The quantitative estimate of drug-likeness (QED) is 0.691. The van der Waals surface area contributed by atoms with Crippen LogP contribution in [-0.4, -0.2) is 9.97 Å². The number of aryl methyl sites for hydroxylation is 1. The van der Waals surface area contributed by atoms with Crippen LogP contribution in [0.25, 0.3) is 0 Å². The van der Waals surface area contributed by atoms with E-state index in [0.717, 1.165) is 17.8 Å². The summed E-state index contributed by atoms with van der Waals surface area (Å²) in [4.78, 5) is 7.07. The van der Waals surface area contributed by atoms with Crippen molar-refractivity contribution in [1.82, 2.24) is 9.97 Å². The van der Waals surface area contributed by atoms with Crippen molar-refractivity contribution in [3.8, 4) is 6.07 Å². The van der Waals surface area contributed by atoms with Gasteiger partial charge in [0.1, 0.15) is 0 Å². The van der Waals surface area contributed by atoms with E-state index in [2.05, 4.69) is 16.0 Å². The fourth-order valence-electron chi connectivity index (χ4n) is 0.929.